The number of carbonyl (C=O) groups is 4. The van der Waals surface area contributed by atoms with Gasteiger partial charge in [0.15, 0.2) is 11.6 Å². The molecule has 0 unspecified atom stereocenters. The van der Waals surface area contributed by atoms with Gasteiger partial charge in [0.05, 0.1) is 17.2 Å². The molecule has 0 saturated carbocycles. The van der Waals surface area contributed by atoms with Crippen LogP contribution in [0.3, 0.4) is 0 Å². The van der Waals surface area contributed by atoms with Crippen molar-refractivity contribution in [3.8, 4) is 5.75 Å². The lowest BCUT2D eigenvalue weighted by Crippen LogP contribution is -2.39. The van der Waals surface area contributed by atoms with Crippen molar-refractivity contribution in [2.75, 3.05) is 0 Å². The van der Waals surface area contributed by atoms with E-state index in [2.05, 4.69) is 5.32 Å². The SMILES string of the molecule is CC[C@H]1C=C[C@H](O)[C@H](CC(C)C)OC(=O)C(C)=C[C@H]2C(=O)NC3=CC(=O)c4c(cc(C)c(O)c4C(=O)CC1)[C@@]32O. The first-order chi connectivity index (χ1) is 18.8. The summed E-state index contributed by atoms with van der Waals surface area (Å²) in [6, 6.07) is 1.40. The number of aliphatic hydroxyl groups excluding tert-OH is 1. The average Bonchev–Trinajstić information content (AvgIpc) is 3.13. The van der Waals surface area contributed by atoms with Crippen molar-refractivity contribution < 1.29 is 39.2 Å². The average molecular weight is 552 g/mol. The molecule has 1 fully saturated rings. The maximum Gasteiger partial charge on any atom is 0.333 e. The predicted molar refractivity (Wildman–Crippen MR) is 146 cm³/mol. The van der Waals surface area contributed by atoms with Crippen LogP contribution in [0.1, 0.15) is 85.2 Å². The van der Waals surface area contributed by atoms with E-state index in [0.29, 0.717) is 19.3 Å². The molecule has 9 nitrogen and oxygen atoms in total. The van der Waals surface area contributed by atoms with Crippen molar-refractivity contribution in [2.45, 2.75) is 78.1 Å². The molecule has 9 heteroatoms. The summed E-state index contributed by atoms with van der Waals surface area (Å²) in [6.07, 6.45) is 5.16. The van der Waals surface area contributed by atoms with Crippen LogP contribution in [0.4, 0.5) is 0 Å². The van der Waals surface area contributed by atoms with Crippen molar-refractivity contribution in [2.24, 2.45) is 17.8 Å². The summed E-state index contributed by atoms with van der Waals surface area (Å²) >= 11 is 0. The molecule has 1 aromatic rings. The minimum absolute atomic E-state index is 0.00525. The Balaban J connectivity index is 1.93. The maximum absolute atomic E-state index is 13.5. The number of carbonyl (C=O) groups excluding carboxylic acids is 4. The topological polar surface area (TPSA) is 150 Å². The molecule has 1 saturated heterocycles. The van der Waals surface area contributed by atoms with Crippen LogP contribution in [0.5, 0.6) is 5.75 Å². The van der Waals surface area contributed by atoms with Crippen LogP contribution in [0, 0.1) is 24.7 Å². The van der Waals surface area contributed by atoms with Crippen LogP contribution in [-0.2, 0) is 19.9 Å². The number of nitrogens with one attached hydrogen (secondary N) is 1. The summed E-state index contributed by atoms with van der Waals surface area (Å²) in [7, 11) is 0. The van der Waals surface area contributed by atoms with Crippen LogP contribution in [0.25, 0.3) is 0 Å². The number of allylic oxidation sites excluding steroid dienone is 2. The third-order valence-corrected chi connectivity index (χ3v) is 8.03. The zero-order valence-corrected chi connectivity index (χ0v) is 23.5. The van der Waals surface area contributed by atoms with E-state index in [-0.39, 0.29) is 57.5 Å². The number of cyclic esters (lactones) is 1. The first-order valence-electron chi connectivity index (χ1n) is 13.7. The number of phenolic OH excluding ortho intramolecular Hbond substituents is 1. The van der Waals surface area contributed by atoms with E-state index in [9.17, 15) is 34.5 Å². The quantitative estimate of drug-likeness (QED) is 0.329. The second-order valence-corrected chi connectivity index (χ2v) is 11.4. The van der Waals surface area contributed by atoms with Crippen LogP contribution in [0.15, 0.2) is 41.6 Å². The molecule has 0 aromatic heterocycles. The molecule has 4 bridgehead atoms. The van der Waals surface area contributed by atoms with Crippen molar-refractivity contribution in [1.82, 2.24) is 5.32 Å². The van der Waals surface area contributed by atoms with Crippen LogP contribution >= 0.6 is 0 Å². The molecule has 40 heavy (non-hydrogen) atoms. The van der Waals surface area contributed by atoms with Crippen LogP contribution in [-0.4, -0.2) is 51.0 Å². The van der Waals surface area contributed by atoms with Gasteiger partial charge in [-0.3, -0.25) is 14.4 Å². The Labute approximate surface area is 233 Å². The number of esters is 1. The Kier molecular flexibility index (Phi) is 8.19. The molecule has 1 amide bonds. The van der Waals surface area contributed by atoms with Crippen LogP contribution in [0.2, 0.25) is 0 Å². The summed E-state index contributed by atoms with van der Waals surface area (Å²) in [5, 5.41) is 36.5. The highest BCUT2D eigenvalue weighted by Crippen LogP contribution is 2.49. The summed E-state index contributed by atoms with van der Waals surface area (Å²) in [6.45, 7) is 8.81. The number of phenols is 1. The fourth-order valence-corrected chi connectivity index (χ4v) is 5.70. The smallest absolute Gasteiger partial charge is 0.333 e. The van der Waals surface area contributed by atoms with Gasteiger partial charge in [-0.05, 0) is 56.6 Å². The second kappa shape index (κ2) is 11.1. The van der Waals surface area contributed by atoms with Crippen molar-refractivity contribution >= 4 is 23.4 Å². The highest BCUT2D eigenvalue weighted by atomic mass is 16.6. The normalized spacial score (nSPS) is 29.1. The van der Waals surface area contributed by atoms with E-state index >= 15 is 0 Å². The summed E-state index contributed by atoms with van der Waals surface area (Å²) in [5.41, 5.74) is -2.21. The maximum atomic E-state index is 13.5. The minimum Gasteiger partial charge on any atom is -0.507 e. The van der Waals surface area contributed by atoms with Crippen molar-refractivity contribution in [1.29, 1.82) is 0 Å². The van der Waals surface area contributed by atoms with E-state index in [0.717, 1.165) is 6.08 Å². The number of ether oxygens (including phenoxy) is 1. The highest BCUT2D eigenvalue weighted by molar-refractivity contribution is 6.17. The van der Waals surface area contributed by atoms with E-state index in [1.165, 1.54) is 19.1 Å². The monoisotopic (exact) mass is 551 g/mol. The molecule has 1 aliphatic carbocycles. The number of aromatic hydroxyl groups is 1. The second-order valence-electron chi connectivity index (χ2n) is 11.4. The van der Waals surface area contributed by atoms with Gasteiger partial charge in [-0.1, -0.05) is 39.0 Å². The summed E-state index contributed by atoms with van der Waals surface area (Å²) < 4.78 is 5.70. The summed E-state index contributed by atoms with van der Waals surface area (Å²) in [5.74, 6) is -4.19. The molecule has 4 N–H and O–H groups in total. The number of rotatable bonds is 3. The van der Waals surface area contributed by atoms with Gasteiger partial charge in [-0.25, -0.2) is 4.79 Å². The Morgan fingerprint density at radius 3 is 2.48 bits per heavy atom. The molecule has 3 aliphatic rings. The molecule has 0 spiro atoms. The standard InChI is InChI=1S/C31H37NO8/c1-6-18-7-9-21(33)24(11-15(2)3)40-30(38)17(5)13-20-29(37)32-25-14-23(35)26-19(31(20,25)39)12-16(4)28(36)27(26)22(34)10-8-18/h7,9,12-15,18,20-21,24,33,36,39H,6,8,10-11H2,1-5H3,(H,32,37)/t18-,20-,21-,24-,31-/m0/s1. The number of ketones is 2. The fraction of sp³-hybridized carbons (Fsp3) is 0.484. The van der Waals surface area contributed by atoms with Crippen LogP contribution < -0.4 is 5.32 Å². The minimum atomic E-state index is -2.09. The lowest BCUT2D eigenvalue weighted by Gasteiger charge is -2.34. The van der Waals surface area contributed by atoms with Crippen molar-refractivity contribution in [3.05, 3.63) is 63.9 Å². The number of hydrogen-bond acceptors (Lipinski definition) is 8. The van der Waals surface area contributed by atoms with Gasteiger partial charge in [0, 0.05) is 29.2 Å². The Morgan fingerprint density at radius 1 is 1.12 bits per heavy atom. The number of aliphatic hydroxyl groups is 2. The number of benzene rings is 1. The molecule has 0 radical (unpaired) electrons. The third kappa shape index (κ3) is 5.15. The molecule has 4 rings (SSSR count). The lowest BCUT2D eigenvalue weighted by atomic mass is 9.72. The van der Waals surface area contributed by atoms with Gasteiger partial charge in [0.2, 0.25) is 5.91 Å². The van der Waals surface area contributed by atoms with Crippen molar-refractivity contribution in [3.63, 3.8) is 0 Å². The van der Waals surface area contributed by atoms with Gasteiger partial charge in [-0.2, -0.15) is 0 Å². The molecular weight excluding hydrogens is 514 g/mol. The third-order valence-electron chi connectivity index (χ3n) is 8.03. The molecular formula is C31H37NO8. The Hall–Kier alpha value is -3.56. The summed E-state index contributed by atoms with van der Waals surface area (Å²) in [4.78, 5) is 53.1. The number of hydrogen-bond donors (Lipinski definition) is 4. The molecule has 2 aliphatic heterocycles. The van der Waals surface area contributed by atoms with E-state index in [4.69, 9.17) is 4.74 Å². The van der Waals surface area contributed by atoms with Gasteiger partial charge in [0.25, 0.3) is 0 Å². The first-order valence-corrected chi connectivity index (χ1v) is 13.7. The molecule has 214 valence electrons. The number of Topliss-reactive ketones (excluding diaryl/α,β-unsaturated/α-hetero) is 1. The van der Waals surface area contributed by atoms with E-state index in [1.54, 1.807) is 19.1 Å². The van der Waals surface area contributed by atoms with E-state index < -0.39 is 47.2 Å². The van der Waals surface area contributed by atoms with Gasteiger partial charge >= 0.3 is 5.97 Å². The first kappa shape index (κ1) is 29.4. The fourth-order valence-electron chi connectivity index (χ4n) is 5.70. The number of amides is 1. The molecule has 2 heterocycles. The Morgan fingerprint density at radius 2 is 1.82 bits per heavy atom. The highest BCUT2D eigenvalue weighted by Gasteiger charge is 2.55. The lowest BCUT2D eigenvalue weighted by molar-refractivity contribution is -0.149. The Bertz CT molecular complexity index is 1350. The predicted octanol–water partition coefficient (Wildman–Crippen LogP) is 3.54. The van der Waals surface area contributed by atoms with Gasteiger partial charge in [-0.15, -0.1) is 0 Å². The zero-order chi connectivity index (χ0) is 29.5. The zero-order valence-electron chi connectivity index (χ0n) is 23.5. The van der Waals surface area contributed by atoms with Gasteiger partial charge < -0.3 is 25.4 Å². The number of aryl methyl sites for hydroxylation is 1. The van der Waals surface area contributed by atoms with Gasteiger partial charge in [0.1, 0.15) is 23.6 Å². The van der Waals surface area contributed by atoms with E-state index in [1.807, 2.05) is 20.8 Å². The largest absolute Gasteiger partial charge is 0.507 e. The molecule has 5 atom stereocenters. The molecule has 1 aromatic carbocycles.